The van der Waals surface area contributed by atoms with Gasteiger partial charge in [0.1, 0.15) is 17.4 Å². The van der Waals surface area contributed by atoms with Crippen LogP contribution in [-0.2, 0) is 16.6 Å². The molecule has 1 aromatic heterocycles. The third-order valence-corrected chi connectivity index (χ3v) is 4.72. The molecule has 148 valence electrons. The fraction of sp³-hybridized carbons (Fsp3) is 0.190. The molecule has 2 heterocycles. The Bertz CT molecular complexity index is 1050. The Labute approximate surface area is 166 Å². The average Bonchev–Trinajstić information content (AvgIpc) is 3.02. The lowest BCUT2D eigenvalue weighted by atomic mass is 9.86. The van der Waals surface area contributed by atoms with Crippen molar-refractivity contribution in [2.75, 3.05) is 17.2 Å². The van der Waals surface area contributed by atoms with Crippen LogP contribution in [0.1, 0.15) is 23.5 Å². The van der Waals surface area contributed by atoms with Gasteiger partial charge < -0.3 is 15.4 Å². The lowest BCUT2D eigenvalue weighted by Crippen LogP contribution is -2.26. The average molecular weight is 394 g/mol. The van der Waals surface area contributed by atoms with Crippen molar-refractivity contribution >= 4 is 23.5 Å². The summed E-state index contributed by atoms with van der Waals surface area (Å²) in [5, 5.41) is 9.97. The van der Waals surface area contributed by atoms with Crippen LogP contribution in [0.3, 0.4) is 0 Å². The molecule has 0 bridgehead atoms. The summed E-state index contributed by atoms with van der Waals surface area (Å²) in [4.78, 5) is 24.6. The minimum absolute atomic E-state index is 0.105. The molecule has 2 amide bonds. The zero-order chi connectivity index (χ0) is 20.4. The molecular weight excluding hydrogens is 375 g/mol. The van der Waals surface area contributed by atoms with Gasteiger partial charge in [0.2, 0.25) is 5.91 Å². The van der Waals surface area contributed by atoms with E-state index in [0.717, 1.165) is 11.1 Å². The molecule has 1 atom stereocenters. The fourth-order valence-electron chi connectivity index (χ4n) is 3.40. The van der Waals surface area contributed by atoms with Crippen LogP contribution in [0.25, 0.3) is 0 Å². The number of aryl methyl sites for hydroxylation is 1. The van der Waals surface area contributed by atoms with E-state index in [-0.39, 0.29) is 30.7 Å². The van der Waals surface area contributed by atoms with Crippen LogP contribution in [0.2, 0.25) is 0 Å². The molecule has 0 unspecified atom stereocenters. The molecule has 1 aliphatic rings. The summed E-state index contributed by atoms with van der Waals surface area (Å²) in [5.74, 6) is 0.219. The Morgan fingerprint density at radius 1 is 1.24 bits per heavy atom. The van der Waals surface area contributed by atoms with Crippen LogP contribution in [-0.4, -0.2) is 28.2 Å². The molecule has 2 aromatic carbocycles. The molecule has 0 fully saturated rings. The maximum atomic E-state index is 13.0. The predicted octanol–water partition coefficient (Wildman–Crippen LogP) is 3.05. The number of anilines is 2. The number of carbonyl (C=O) groups excluding carboxylic acids is 2. The van der Waals surface area contributed by atoms with Gasteiger partial charge in [-0.25, -0.2) is 4.39 Å². The minimum Gasteiger partial charge on any atom is -0.484 e. The first-order chi connectivity index (χ1) is 14.0. The van der Waals surface area contributed by atoms with Gasteiger partial charge in [0.15, 0.2) is 12.4 Å². The highest BCUT2D eigenvalue weighted by atomic mass is 19.1. The standard InChI is InChI=1S/C21H19FN4O3/c1-26-21-19(16(11-17(27)24-21)13-5-3-2-4-6-13)20(25-26)23-18(28)12-29-15-9-7-14(22)8-10-15/h2-10,16H,11-12H2,1H3,(H,24,27)(H,23,25,28)/t16-/m1/s1. The van der Waals surface area contributed by atoms with Crippen LogP contribution in [0.5, 0.6) is 5.75 Å². The van der Waals surface area contributed by atoms with Crippen LogP contribution in [0.4, 0.5) is 16.0 Å². The number of rotatable bonds is 5. The van der Waals surface area contributed by atoms with Crippen molar-refractivity contribution in [3.8, 4) is 5.75 Å². The predicted molar refractivity (Wildman–Crippen MR) is 105 cm³/mol. The molecule has 4 rings (SSSR count). The minimum atomic E-state index is -0.404. The van der Waals surface area contributed by atoms with E-state index in [4.69, 9.17) is 4.74 Å². The molecule has 0 aliphatic carbocycles. The van der Waals surface area contributed by atoms with Crippen LogP contribution >= 0.6 is 0 Å². The first-order valence-corrected chi connectivity index (χ1v) is 9.11. The number of hydrogen-bond acceptors (Lipinski definition) is 4. The molecule has 0 radical (unpaired) electrons. The van der Waals surface area contributed by atoms with Gasteiger partial charge in [-0.15, -0.1) is 0 Å². The van der Waals surface area contributed by atoms with Gasteiger partial charge in [-0.1, -0.05) is 30.3 Å². The molecule has 1 aliphatic heterocycles. The zero-order valence-electron chi connectivity index (χ0n) is 15.7. The molecule has 0 saturated heterocycles. The van der Waals surface area contributed by atoms with Crippen molar-refractivity contribution in [3.05, 3.63) is 71.5 Å². The maximum Gasteiger partial charge on any atom is 0.263 e. The van der Waals surface area contributed by atoms with Crippen molar-refractivity contribution in [3.63, 3.8) is 0 Å². The summed E-state index contributed by atoms with van der Waals surface area (Å²) in [5.41, 5.74) is 1.73. The van der Waals surface area contributed by atoms with Crippen LogP contribution < -0.4 is 15.4 Å². The smallest absolute Gasteiger partial charge is 0.263 e. The monoisotopic (exact) mass is 394 g/mol. The second-order valence-corrected chi connectivity index (χ2v) is 6.74. The van der Waals surface area contributed by atoms with Crippen molar-refractivity contribution in [2.24, 2.45) is 7.05 Å². The van der Waals surface area contributed by atoms with E-state index in [2.05, 4.69) is 15.7 Å². The molecule has 3 aromatic rings. The second-order valence-electron chi connectivity index (χ2n) is 6.74. The first kappa shape index (κ1) is 18.7. The van der Waals surface area contributed by atoms with Crippen LogP contribution in [0.15, 0.2) is 54.6 Å². The summed E-state index contributed by atoms with van der Waals surface area (Å²) >= 11 is 0. The van der Waals surface area contributed by atoms with Crippen molar-refractivity contribution in [2.45, 2.75) is 12.3 Å². The highest BCUT2D eigenvalue weighted by molar-refractivity contribution is 5.98. The summed E-state index contributed by atoms with van der Waals surface area (Å²) in [6.45, 7) is -0.251. The third kappa shape index (κ3) is 3.96. The molecule has 0 saturated carbocycles. The first-order valence-electron chi connectivity index (χ1n) is 9.11. The van der Waals surface area contributed by atoms with Gasteiger partial charge in [-0.3, -0.25) is 14.3 Å². The van der Waals surface area contributed by atoms with E-state index < -0.39 is 5.91 Å². The van der Waals surface area contributed by atoms with Crippen molar-refractivity contribution < 1.29 is 18.7 Å². The van der Waals surface area contributed by atoms with E-state index in [1.807, 2.05) is 30.3 Å². The molecule has 29 heavy (non-hydrogen) atoms. The van der Waals surface area contributed by atoms with E-state index in [1.165, 1.54) is 24.3 Å². The summed E-state index contributed by atoms with van der Waals surface area (Å²) in [6, 6.07) is 15.0. The summed E-state index contributed by atoms with van der Waals surface area (Å²) in [7, 11) is 1.71. The molecule has 0 spiro atoms. The number of ether oxygens (including phenoxy) is 1. The lowest BCUT2D eigenvalue weighted by molar-refractivity contribution is -0.118. The Morgan fingerprint density at radius 3 is 2.69 bits per heavy atom. The number of nitrogens with zero attached hydrogens (tertiary/aromatic N) is 2. The van der Waals surface area contributed by atoms with Gasteiger partial charge >= 0.3 is 0 Å². The number of halogens is 1. The third-order valence-electron chi connectivity index (χ3n) is 4.72. The zero-order valence-corrected chi connectivity index (χ0v) is 15.7. The van der Waals surface area contributed by atoms with Crippen LogP contribution in [0, 0.1) is 5.82 Å². The number of hydrogen-bond donors (Lipinski definition) is 2. The largest absolute Gasteiger partial charge is 0.484 e. The Hall–Kier alpha value is -3.68. The van der Waals surface area contributed by atoms with Crippen molar-refractivity contribution in [1.82, 2.24) is 9.78 Å². The SMILES string of the molecule is Cn1nc(NC(=O)COc2ccc(F)cc2)c2c1NC(=O)C[C@@H]2c1ccccc1. The summed E-state index contributed by atoms with van der Waals surface area (Å²) in [6.07, 6.45) is 0.262. The molecule has 8 heteroatoms. The number of carbonyl (C=O) groups is 2. The van der Waals surface area contributed by atoms with Crippen molar-refractivity contribution in [1.29, 1.82) is 0 Å². The molecule has 2 N–H and O–H groups in total. The Morgan fingerprint density at radius 2 is 1.97 bits per heavy atom. The fourth-order valence-corrected chi connectivity index (χ4v) is 3.40. The van der Waals surface area contributed by atoms with Gasteiger partial charge in [0.25, 0.3) is 5.91 Å². The number of aromatic nitrogens is 2. The van der Waals surface area contributed by atoms with Gasteiger partial charge in [0.05, 0.1) is 0 Å². The topological polar surface area (TPSA) is 85.2 Å². The highest BCUT2D eigenvalue weighted by Gasteiger charge is 2.33. The van der Waals surface area contributed by atoms with Gasteiger partial charge in [-0.05, 0) is 29.8 Å². The number of nitrogens with one attached hydrogen (secondary N) is 2. The number of fused-ring (bicyclic) bond motifs is 1. The Kier molecular flexibility index (Phi) is 4.99. The van der Waals surface area contributed by atoms with E-state index >= 15 is 0 Å². The van der Waals surface area contributed by atoms with Gasteiger partial charge in [-0.2, -0.15) is 5.10 Å². The molecule has 7 nitrogen and oxygen atoms in total. The quantitative estimate of drug-likeness (QED) is 0.697. The van der Waals surface area contributed by atoms with E-state index in [9.17, 15) is 14.0 Å². The lowest BCUT2D eigenvalue weighted by Gasteiger charge is -2.24. The highest BCUT2D eigenvalue weighted by Crippen LogP contribution is 2.41. The second kappa shape index (κ2) is 7.75. The van der Waals surface area contributed by atoms with E-state index in [1.54, 1.807) is 11.7 Å². The number of amides is 2. The number of benzene rings is 2. The van der Waals surface area contributed by atoms with Gasteiger partial charge in [0, 0.05) is 24.9 Å². The van der Waals surface area contributed by atoms with E-state index in [0.29, 0.717) is 17.4 Å². The normalized spacial score (nSPS) is 15.4. The maximum absolute atomic E-state index is 13.0. The molecular formula is C21H19FN4O3. The summed E-state index contributed by atoms with van der Waals surface area (Å²) < 4.78 is 19.9. The Balaban J connectivity index is 1.55.